The van der Waals surface area contributed by atoms with E-state index < -0.39 is 48.3 Å². The minimum Gasteiger partial charge on any atom is -0.456 e. The van der Waals surface area contributed by atoms with Crippen LogP contribution in [0.5, 0.6) is 0 Å². The maximum atomic E-state index is 14.0. The first-order valence-corrected chi connectivity index (χ1v) is 9.58. The minimum atomic E-state index is -1.25. The molecule has 9 nitrogen and oxygen atoms in total. The highest BCUT2D eigenvalue weighted by molar-refractivity contribution is 6.31. The number of hydrogen-bond donors (Lipinski definition) is 0. The standard InChI is InChI=1S/C20H19ClFNO8/c1-9(25)29-17-8-28-20(19(31-11(3)27)18(17)30-10(2)26)23-6-12(7-24)13-4-15(22)14(21)5-16(13)23/h4-7,17-20H,8H2,1-3H3/t17-,18+,19-,20-/m1/s1. The van der Waals surface area contributed by atoms with Crippen LogP contribution in [-0.2, 0) is 33.3 Å². The zero-order valence-corrected chi connectivity index (χ0v) is 17.6. The summed E-state index contributed by atoms with van der Waals surface area (Å²) in [5.41, 5.74) is 0.463. The number of carbonyl (C=O) groups is 4. The summed E-state index contributed by atoms with van der Waals surface area (Å²) >= 11 is 5.92. The first-order chi connectivity index (χ1) is 14.6. The molecular weight excluding hydrogens is 437 g/mol. The summed E-state index contributed by atoms with van der Waals surface area (Å²) in [6, 6.07) is 2.40. The van der Waals surface area contributed by atoms with E-state index in [0.29, 0.717) is 11.8 Å². The van der Waals surface area contributed by atoms with Gasteiger partial charge in [0, 0.05) is 37.9 Å². The first kappa shape index (κ1) is 22.7. The zero-order valence-electron chi connectivity index (χ0n) is 16.8. The second-order valence-corrected chi connectivity index (χ2v) is 7.32. The van der Waals surface area contributed by atoms with Crippen molar-refractivity contribution in [2.45, 2.75) is 45.3 Å². The molecule has 0 spiro atoms. The molecule has 0 saturated carbocycles. The highest BCUT2D eigenvalue weighted by Crippen LogP contribution is 2.36. The molecule has 0 aliphatic carbocycles. The summed E-state index contributed by atoms with van der Waals surface area (Å²) < 4.78 is 37.1. The maximum absolute atomic E-state index is 14.0. The lowest BCUT2D eigenvalue weighted by molar-refractivity contribution is -0.239. The Labute approximate surface area is 180 Å². The summed E-state index contributed by atoms with van der Waals surface area (Å²) in [5.74, 6) is -2.78. The van der Waals surface area contributed by atoms with Crippen LogP contribution in [0.25, 0.3) is 10.9 Å². The van der Waals surface area contributed by atoms with Crippen LogP contribution >= 0.6 is 11.6 Å². The van der Waals surface area contributed by atoms with Gasteiger partial charge in [0.15, 0.2) is 30.8 Å². The van der Waals surface area contributed by atoms with E-state index in [1.807, 2.05) is 0 Å². The van der Waals surface area contributed by atoms with E-state index in [0.717, 1.165) is 19.9 Å². The highest BCUT2D eigenvalue weighted by atomic mass is 35.5. The monoisotopic (exact) mass is 455 g/mol. The van der Waals surface area contributed by atoms with Crippen molar-refractivity contribution in [2.75, 3.05) is 6.61 Å². The molecule has 166 valence electrons. The van der Waals surface area contributed by atoms with E-state index >= 15 is 0 Å². The molecule has 2 heterocycles. The molecule has 1 fully saturated rings. The summed E-state index contributed by atoms with van der Waals surface area (Å²) in [4.78, 5) is 46.5. The molecule has 1 aliphatic rings. The number of carbonyl (C=O) groups excluding carboxylic acids is 4. The van der Waals surface area contributed by atoms with Crippen molar-refractivity contribution in [3.05, 3.63) is 34.7 Å². The highest BCUT2D eigenvalue weighted by Gasteiger charge is 2.48. The summed E-state index contributed by atoms with van der Waals surface area (Å²) in [6.45, 7) is 3.27. The molecule has 1 aliphatic heterocycles. The van der Waals surface area contributed by atoms with Crippen LogP contribution in [0.4, 0.5) is 4.39 Å². The molecule has 2 aromatic rings. The summed E-state index contributed by atoms with van der Waals surface area (Å²) in [5, 5.41) is 0.0618. The van der Waals surface area contributed by atoms with Crippen molar-refractivity contribution in [3.8, 4) is 0 Å². The van der Waals surface area contributed by atoms with Gasteiger partial charge in [-0.25, -0.2) is 4.39 Å². The zero-order chi connectivity index (χ0) is 22.9. The van der Waals surface area contributed by atoms with E-state index in [-0.39, 0.29) is 22.6 Å². The fourth-order valence-corrected chi connectivity index (χ4v) is 3.69. The van der Waals surface area contributed by atoms with Gasteiger partial charge < -0.3 is 23.5 Å². The smallest absolute Gasteiger partial charge is 0.303 e. The summed E-state index contributed by atoms with van der Waals surface area (Å²) in [6.07, 6.45) is -2.68. The van der Waals surface area contributed by atoms with E-state index in [9.17, 15) is 23.6 Å². The number of halogens is 2. The Kier molecular flexibility index (Phi) is 6.61. The fourth-order valence-electron chi connectivity index (χ4n) is 3.54. The average Bonchev–Trinajstić information content (AvgIpc) is 3.01. The van der Waals surface area contributed by atoms with Crippen molar-refractivity contribution in [1.29, 1.82) is 0 Å². The van der Waals surface area contributed by atoms with Crippen LogP contribution in [0, 0.1) is 5.82 Å². The van der Waals surface area contributed by atoms with Crippen molar-refractivity contribution < 1.29 is 42.5 Å². The van der Waals surface area contributed by atoms with Crippen LogP contribution in [-0.4, -0.2) is 53.7 Å². The second kappa shape index (κ2) is 9.03. The van der Waals surface area contributed by atoms with Crippen LogP contribution in [0.1, 0.15) is 37.4 Å². The number of esters is 3. The summed E-state index contributed by atoms with van der Waals surface area (Å²) in [7, 11) is 0. The number of aromatic nitrogens is 1. The Hall–Kier alpha value is -2.98. The predicted molar refractivity (Wildman–Crippen MR) is 104 cm³/mol. The number of nitrogens with zero attached hydrogens (tertiary/aromatic N) is 1. The fraction of sp³-hybridized carbons (Fsp3) is 0.400. The van der Waals surface area contributed by atoms with E-state index in [4.69, 9.17) is 30.5 Å². The number of rotatable bonds is 5. The Balaban J connectivity index is 2.13. The number of fused-ring (bicyclic) bond motifs is 1. The Morgan fingerprint density at radius 1 is 1.10 bits per heavy atom. The number of aldehydes is 1. The Morgan fingerprint density at radius 2 is 1.71 bits per heavy atom. The lowest BCUT2D eigenvalue weighted by Crippen LogP contribution is -2.55. The molecule has 1 aromatic carbocycles. The largest absolute Gasteiger partial charge is 0.456 e. The molecule has 0 radical (unpaired) electrons. The van der Waals surface area contributed by atoms with Crippen molar-refractivity contribution >= 4 is 46.7 Å². The molecule has 0 N–H and O–H groups in total. The normalized spacial score (nSPS) is 23.3. The quantitative estimate of drug-likeness (QED) is 0.384. The van der Waals surface area contributed by atoms with Gasteiger partial charge in [0.25, 0.3) is 0 Å². The average molecular weight is 456 g/mol. The minimum absolute atomic E-state index is 0.141. The van der Waals surface area contributed by atoms with Crippen LogP contribution < -0.4 is 0 Å². The van der Waals surface area contributed by atoms with Crippen molar-refractivity contribution in [2.24, 2.45) is 0 Å². The van der Waals surface area contributed by atoms with Gasteiger partial charge in [-0.2, -0.15) is 0 Å². The molecule has 11 heteroatoms. The molecule has 31 heavy (non-hydrogen) atoms. The molecule has 0 amide bonds. The molecule has 0 unspecified atom stereocenters. The molecule has 0 bridgehead atoms. The van der Waals surface area contributed by atoms with Gasteiger partial charge in [0.05, 0.1) is 17.1 Å². The molecule has 1 aromatic heterocycles. The first-order valence-electron chi connectivity index (χ1n) is 9.20. The van der Waals surface area contributed by atoms with Gasteiger partial charge in [-0.3, -0.25) is 19.2 Å². The SMILES string of the molecule is CC(=O)O[C@@H]1[C@@H](OC(C)=O)[C@H](OC(C)=O)CO[C@H]1n1cc(C=O)c2cc(F)c(Cl)cc21. The number of benzene rings is 1. The van der Waals surface area contributed by atoms with Crippen LogP contribution in [0.2, 0.25) is 5.02 Å². The van der Waals surface area contributed by atoms with Gasteiger partial charge in [-0.1, -0.05) is 11.6 Å². The molecule has 1 saturated heterocycles. The van der Waals surface area contributed by atoms with Gasteiger partial charge in [0.2, 0.25) is 0 Å². The van der Waals surface area contributed by atoms with Gasteiger partial charge in [-0.05, 0) is 12.1 Å². The second-order valence-electron chi connectivity index (χ2n) is 6.91. The third-order valence-electron chi connectivity index (χ3n) is 4.63. The van der Waals surface area contributed by atoms with E-state index in [2.05, 4.69) is 0 Å². The molecule has 4 atom stereocenters. The lowest BCUT2D eigenvalue weighted by Gasteiger charge is -2.41. The van der Waals surface area contributed by atoms with Crippen LogP contribution in [0.15, 0.2) is 18.3 Å². The molecule has 3 rings (SSSR count). The molecular formula is C20H19ClFNO8. The van der Waals surface area contributed by atoms with Crippen molar-refractivity contribution in [3.63, 3.8) is 0 Å². The topological polar surface area (TPSA) is 110 Å². The van der Waals surface area contributed by atoms with Crippen LogP contribution in [0.3, 0.4) is 0 Å². The van der Waals surface area contributed by atoms with Gasteiger partial charge in [-0.15, -0.1) is 0 Å². The maximum Gasteiger partial charge on any atom is 0.303 e. The Morgan fingerprint density at radius 3 is 2.29 bits per heavy atom. The predicted octanol–water partition coefficient (Wildman–Crippen LogP) is 2.57. The van der Waals surface area contributed by atoms with Gasteiger partial charge >= 0.3 is 17.9 Å². The number of hydrogen-bond acceptors (Lipinski definition) is 8. The number of ether oxygens (including phenoxy) is 4. The van der Waals surface area contributed by atoms with E-state index in [1.165, 1.54) is 23.8 Å². The van der Waals surface area contributed by atoms with Crippen molar-refractivity contribution in [1.82, 2.24) is 4.57 Å². The lowest BCUT2D eigenvalue weighted by atomic mass is 10.0. The third kappa shape index (κ3) is 4.70. The Bertz CT molecular complexity index is 1050. The third-order valence-corrected chi connectivity index (χ3v) is 4.92. The van der Waals surface area contributed by atoms with Gasteiger partial charge in [0.1, 0.15) is 5.82 Å². The van der Waals surface area contributed by atoms with E-state index in [1.54, 1.807) is 0 Å².